The molecule has 2 rings (SSSR count). The predicted molar refractivity (Wildman–Crippen MR) is 95.6 cm³/mol. The molecule has 0 radical (unpaired) electrons. The first kappa shape index (κ1) is 16.9. The quantitative estimate of drug-likeness (QED) is 0.833. The van der Waals surface area contributed by atoms with Crippen molar-refractivity contribution >= 4 is 17.3 Å². The van der Waals surface area contributed by atoms with Gasteiger partial charge in [0, 0.05) is 30.0 Å². The summed E-state index contributed by atoms with van der Waals surface area (Å²) < 4.78 is 5.38. The average Bonchev–Trinajstić information content (AvgIpc) is 2.58. The molecule has 0 spiro atoms. The first-order valence-corrected chi connectivity index (χ1v) is 8.07. The van der Waals surface area contributed by atoms with Gasteiger partial charge in [-0.3, -0.25) is 4.79 Å². The molecule has 0 fully saturated rings. The molecule has 0 saturated heterocycles. The Morgan fingerprint density at radius 2 is 1.57 bits per heavy atom. The molecule has 0 heterocycles. The maximum absolute atomic E-state index is 12.3. The molecule has 2 aromatic rings. The number of nitrogens with zero attached hydrogens (tertiary/aromatic N) is 1. The average molecular weight is 312 g/mol. The summed E-state index contributed by atoms with van der Waals surface area (Å²) in [6, 6.07) is 15.1. The maximum Gasteiger partial charge on any atom is 0.255 e. The van der Waals surface area contributed by atoms with Gasteiger partial charge in [0.15, 0.2) is 0 Å². The first-order chi connectivity index (χ1) is 11.2. The van der Waals surface area contributed by atoms with Crippen molar-refractivity contribution in [2.75, 3.05) is 29.9 Å². The lowest BCUT2D eigenvalue weighted by Crippen LogP contribution is -2.21. The molecule has 0 atom stereocenters. The van der Waals surface area contributed by atoms with E-state index in [0.717, 1.165) is 30.2 Å². The van der Waals surface area contributed by atoms with Crippen LogP contribution in [0, 0.1) is 0 Å². The highest BCUT2D eigenvalue weighted by Gasteiger charge is 2.07. The van der Waals surface area contributed by atoms with Gasteiger partial charge in [0.2, 0.25) is 0 Å². The molecule has 0 aliphatic rings. The molecule has 0 aromatic heterocycles. The molecule has 23 heavy (non-hydrogen) atoms. The van der Waals surface area contributed by atoms with E-state index < -0.39 is 0 Å². The van der Waals surface area contributed by atoms with Gasteiger partial charge < -0.3 is 15.0 Å². The minimum Gasteiger partial charge on any atom is -0.494 e. The molecule has 0 aliphatic carbocycles. The monoisotopic (exact) mass is 312 g/mol. The zero-order chi connectivity index (χ0) is 16.7. The van der Waals surface area contributed by atoms with Crippen LogP contribution < -0.4 is 15.0 Å². The van der Waals surface area contributed by atoms with Crippen molar-refractivity contribution in [2.24, 2.45) is 0 Å². The predicted octanol–water partition coefficient (Wildman–Crippen LogP) is 4.18. The second kappa shape index (κ2) is 8.22. The Morgan fingerprint density at radius 1 is 0.957 bits per heavy atom. The third kappa shape index (κ3) is 4.49. The Labute approximate surface area is 138 Å². The number of hydrogen-bond acceptors (Lipinski definition) is 3. The van der Waals surface area contributed by atoms with Crippen LogP contribution in [0.2, 0.25) is 0 Å². The molecule has 4 nitrogen and oxygen atoms in total. The molecule has 4 heteroatoms. The molecule has 0 unspecified atom stereocenters. The summed E-state index contributed by atoms with van der Waals surface area (Å²) in [5, 5.41) is 2.91. The SMILES string of the molecule is CCOc1ccc(C(=O)Nc2ccc(N(CC)CC)cc2)cc1. The number of carbonyl (C=O) groups is 1. The fraction of sp³-hybridized carbons (Fsp3) is 0.316. The highest BCUT2D eigenvalue weighted by Crippen LogP contribution is 2.19. The van der Waals surface area contributed by atoms with Crippen LogP contribution in [0.5, 0.6) is 5.75 Å². The van der Waals surface area contributed by atoms with E-state index in [1.165, 1.54) is 0 Å². The van der Waals surface area contributed by atoms with Gasteiger partial charge in [-0.25, -0.2) is 0 Å². The van der Waals surface area contributed by atoms with Gasteiger partial charge >= 0.3 is 0 Å². The first-order valence-electron chi connectivity index (χ1n) is 8.07. The number of amides is 1. The Bertz CT molecular complexity index is 617. The molecule has 0 saturated carbocycles. The normalized spacial score (nSPS) is 10.2. The zero-order valence-corrected chi connectivity index (χ0v) is 14.0. The van der Waals surface area contributed by atoms with Crippen molar-refractivity contribution in [2.45, 2.75) is 20.8 Å². The molecule has 2 aromatic carbocycles. The molecular weight excluding hydrogens is 288 g/mol. The number of benzene rings is 2. The number of hydrogen-bond donors (Lipinski definition) is 1. The van der Waals surface area contributed by atoms with Crippen molar-refractivity contribution in [3.63, 3.8) is 0 Å². The van der Waals surface area contributed by atoms with Crippen LogP contribution in [0.1, 0.15) is 31.1 Å². The molecular formula is C19H24N2O2. The van der Waals surface area contributed by atoms with E-state index >= 15 is 0 Å². The minimum absolute atomic E-state index is 0.122. The fourth-order valence-corrected chi connectivity index (χ4v) is 2.42. The van der Waals surface area contributed by atoms with E-state index in [4.69, 9.17) is 4.74 Å². The van der Waals surface area contributed by atoms with Crippen LogP contribution >= 0.6 is 0 Å². The topological polar surface area (TPSA) is 41.6 Å². The smallest absolute Gasteiger partial charge is 0.255 e. The summed E-state index contributed by atoms with van der Waals surface area (Å²) >= 11 is 0. The van der Waals surface area contributed by atoms with E-state index in [0.29, 0.717) is 12.2 Å². The molecule has 0 bridgehead atoms. The van der Waals surface area contributed by atoms with Crippen LogP contribution in [0.4, 0.5) is 11.4 Å². The van der Waals surface area contributed by atoms with Crippen LogP contribution in [-0.4, -0.2) is 25.6 Å². The Kier molecular flexibility index (Phi) is 6.03. The number of nitrogens with one attached hydrogen (secondary N) is 1. The van der Waals surface area contributed by atoms with E-state index in [1.807, 2.05) is 43.3 Å². The third-order valence-corrected chi connectivity index (χ3v) is 3.68. The number of anilines is 2. The van der Waals surface area contributed by atoms with Crippen LogP contribution in [0.15, 0.2) is 48.5 Å². The van der Waals surface area contributed by atoms with Crippen LogP contribution in [0.3, 0.4) is 0 Å². The molecule has 1 N–H and O–H groups in total. The van der Waals surface area contributed by atoms with Gasteiger partial charge in [-0.2, -0.15) is 0 Å². The summed E-state index contributed by atoms with van der Waals surface area (Å²) in [4.78, 5) is 14.5. The van der Waals surface area contributed by atoms with E-state index in [9.17, 15) is 4.79 Å². The lowest BCUT2D eigenvalue weighted by molar-refractivity contribution is 0.102. The lowest BCUT2D eigenvalue weighted by Gasteiger charge is -2.21. The fourth-order valence-electron chi connectivity index (χ4n) is 2.42. The van der Waals surface area contributed by atoms with E-state index in [-0.39, 0.29) is 5.91 Å². The van der Waals surface area contributed by atoms with E-state index in [1.54, 1.807) is 12.1 Å². The second-order valence-electron chi connectivity index (χ2n) is 5.13. The second-order valence-corrected chi connectivity index (χ2v) is 5.13. The minimum atomic E-state index is -0.122. The Balaban J connectivity index is 2.02. The Morgan fingerprint density at radius 3 is 2.09 bits per heavy atom. The number of rotatable bonds is 7. The maximum atomic E-state index is 12.3. The van der Waals surface area contributed by atoms with Gasteiger partial charge in [-0.1, -0.05) is 0 Å². The van der Waals surface area contributed by atoms with Crippen molar-refractivity contribution in [1.82, 2.24) is 0 Å². The van der Waals surface area contributed by atoms with Crippen molar-refractivity contribution in [3.8, 4) is 5.75 Å². The van der Waals surface area contributed by atoms with Crippen LogP contribution in [0.25, 0.3) is 0 Å². The number of carbonyl (C=O) groups excluding carboxylic acids is 1. The van der Waals surface area contributed by atoms with Gasteiger partial charge in [0.1, 0.15) is 5.75 Å². The summed E-state index contributed by atoms with van der Waals surface area (Å²) in [5.74, 6) is 0.649. The summed E-state index contributed by atoms with van der Waals surface area (Å²) in [6.07, 6.45) is 0. The highest BCUT2D eigenvalue weighted by atomic mass is 16.5. The van der Waals surface area contributed by atoms with Gasteiger partial charge in [0.25, 0.3) is 5.91 Å². The third-order valence-electron chi connectivity index (χ3n) is 3.68. The van der Waals surface area contributed by atoms with Crippen molar-refractivity contribution in [1.29, 1.82) is 0 Å². The lowest BCUT2D eigenvalue weighted by atomic mass is 10.2. The molecule has 1 amide bonds. The van der Waals surface area contributed by atoms with Gasteiger partial charge in [-0.05, 0) is 69.3 Å². The molecule has 122 valence electrons. The zero-order valence-electron chi connectivity index (χ0n) is 14.0. The Hall–Kier alpha value is -2.49. The summed E-state index contributed by atoms with van der Waals surface area (Å²) in [6.45, 7) is 8.74. The summed E-state index contributed by atoms with van der Waals surface area (Å²) in [5.41, 5.74) is 2.56. The largest absolute Gasteiger partial charge is 0.494 e. The standard InChI is InChI=1S/C19H24N2O2/c1-4-21(5-2)17-11-9-16(10-12-17)20-19(22)15-7-13-18(14-8-15)23-6-3/h7-14H,4-6H2,1-3H3,(H,20,22). The van der Waals surface area contributed by atoms with Gasteiger partial charge in [0.05, 0.1) is 6.61 Å². The van der Waals surface area contributed by atoms with Crippen molar-refractivity contribution < 1.29 is 9.53 Å². The number of ether oxygens (including phenoxy) is 1. The highest BCUT2D eigenvalue weighted by molar-refractivity contribution is 6.04. The summed E-state index contributed by atoms with van der Waals surface area (Å²) in [7, 11) is 0. The van der Waals surface area contributed by atoms with Crippen LogP contribution in [-0.2, 0) is 0 Å². The molecule has 0 aliphatic heterocycles. The van der Waals surface area contributed by atoms with Crippen molar-refractivity contribution in [3.05, 3.63) is 54.1 Å². The van der Waals surface area contributed by atoms with E-state index in [2.05, 4.69) is 24.1 Å². The van der Waals surface area contributed by atoms with Gasteiger partial charge in [-0.15, -0.1) is 0 Å².